The third-order valence-electron chi connectivity index (χ3n) is 4.74. The van der Waals surface area contributed by atoms with E-state index in [9.17, 15) is 9.18 Å². The van der Waals surface area contributed by atoms with Gasteiger partial charge in [-0.3, -0.25) is 0 Å². The number of esters is 1. The van der Waals surface area contributed by atoms with Crippen LogP contribution in [0.25, 0.3) is 10.8 Å². The average Bonchev–Trinajstić information content (AvgIpc) is 2.67. The van der Waals surface area contributed by atoms with E-state index in [2.05, 4.69) is 15.9 Å². The predicted molar refractivity (Wildman–Crippen MR) is 108 cm³/mol. The Morgan fingerprint density at radius 2 is 1.93 bits per heavy atom. The zero-order valence-electron chi connectivity index (χ0n) is 15.0. The Kier molecular flexibility index (Phi) is 4.81. The van der Waals surface area contributed by atoms with E-state index in [0.717, 1.165) is 26.4 Å². The number of hydrogen-bond donors (Lipinski definition) is 1. The van der Waals surface area contributed by atoms with Gasteiger partial charge in [0.1, 0.15) is 17.1 Å². The molecule has 0 bridgehead atoms. The van der Waals surface area contributed by atoms with Crippen LogP contribution in [0.3, 0.4) is 0 Å². The molecule has 3 aromatic rings. The lowest BCUT2D eigenvalue weighted by molar-refractivity contribution is -0.139. The van der Waals surface area contributed by atoms with E-state index in [-0.39, 0.29) is 23.9 Å². The quantitative estimate of drug-likeness (QED) is 0.580. The van der Waals surface area contributed by atoms with E-state index in [1.807, 2.05) is 30.3 Å². The van der Waals surface area contributed by atoms with Crippen LogP contribution in [-0.2, 0) is 9.53 Å². The molecule has 142 valence electrons. The van der Waals surface area contributed by atoms with Crippen molar-refractivity contribution in [2.75, 3.05) is 6.61 Å². The molecule has 0 amide bonds. The van der Waals surface area contributed by atoms with E-state index in [1.54, 1.807) is 19.1 Å². The molecule has 1 aliphatic heterocycles. The first-order chi connectivity index (χ1) is 13.5. The number of hydrogen-bond acceptors (Lipinski definition) is 4. The molecule has 0 saturated heterocycles. The summed E-state index contributed by atoms with van der Waals surface area (Å²) in [5.74, 6) is -0.874. The number of nitrogens with two attached hydrogens (primary N) is 1. The van der Waals surface area contributed by atoms with E-state index in [1.165, 1.54) is 12.1 Å². The molecule has 0 saturated carbocycles. The van der Waals surface area contributed by atoms with Crippen molar-refractivity contribution in [2.45, 2.75) is 12.8 Å². The summed E-state index contributed by atoms with van der Waals surface area (Å²) in [5.41, 5.74) is 7.87. The fraction of sp³-hybridized carbons (Fsp3) is 0.136. The second-order valence-electron chi connectivity index (χ2n) is 6.43. The van der Waals surface area contributed by atoms with Crippen LogP contribution in [0, 0.1) is 5.82 Å². The van der Waals surface area contributed by atoms with Crippen molar-refractivity contribution in [1.82, 2.24) is 0 Å². The largest absolute Gasteiger partial charge is 0.462 e. The Morgan fingerprint density at radius 3 is 2.64 bits per heavy atom. The van der Waals surface area contributed by atoms with Gasteiger partial charge in [-0.15, -0.1) is 0 Å². The molecule has 4 nitrogen and oxygen atoms in total. The highest BCUT2D eigenvalue weighted by Gasteiger charge is 2.36. The highest BCUT2D eigenvalue weighted by atomic mass is 79.9. The van der Waals surface area contributed by atoms with Crippen LogP contribution in [0.15, 0.2) is 70.5 Å². The smallest absolute Gasteiger partial charge is 0.340 e. The Labute approximate surface area is 169 Å². The van der Waals surface area contributed by atoms with E-state index < -0.39 is 11.9 Å². The maximum absolute atomic E-state index is 13.5. The second kappa shape index (κ2) is 7.28. The monoisotopic (exact) mass is 441 g/mol. The summed E-state index contributed by atoms with van der Waals surface area (Å²) in [4.78, 5) is 12.7. The summed E-state index contributed by atoms with van der Waals surface area (Å²) in [7, 11) is 0. The van der Waals surface area contributed by atoms with Gasteiger partial charge in [-0.1, -0.05) is 40.2 Å². The van der Waals surface area contributed by atoms with Crippen LogP contribution in [0.4, 0.5) is 4.39 Å². The molecule has 1 heterocycles. The lowest BCUT2D eigenvalue weighted by Crippen LogP contribution is -2.27. The minimum atomic E-state index is -0.547. The maximum Gasteiger partial charge on any atom is 0.340 e. The van der Waals surface area contributed by atoms with Gasteiger partial charge >= 0.3 is 5.97 Å². The summed E-state index contributed by atoms with van der Waals surface area (Å²) in [6.45, 7) is 1.94. The van der Waals surface area contributed by atoms with Crippen molar-refractivity contribution in [3.8, 4) is 5.75 Å². The molecule has 28 heavy (non-hydrogen) atoms. The number of carbonyl (C=O) groups is 1. The summed E-state index contributed by atoms with van der Waals surface area (Å²) in [6.07, 6.45) is 0. The summed E-state index contributed by atoms with van der Waals surface area (Å²) in [6, 6.07) is 15.7. The lowest BCUT2D eigenvalue weighted by atomic mass is 9.80. The SMILES string of the molecule is CCOC(=O)C1=C(N)Oc2ccc3cc(Br)ccc3c2[C@@H]1c1ccc(F)cc1. The number of carbonyl (C=O) groups excluding carboxylic acids is 1. The number of fused-ring (bicyclic) bond motifs is 3. The molecule has 0 radical (unpaired) electrons. The minimum absolute atomic E-state index is 0.00302. The Balaban J connectivity index is 2.01. The Hall–Kier alpha value is -2.86. The van der Waals surface area contributed by atoms with Gasteiger partial charge < -0.3 is 15.2 Å². The molecule has 0 fully saturated rings. The topological polar surface area (TPSA) is 61.5 Å². The first-order valence-corrected chi connectivity index (χ1v) is 9.61. The zero-order chi connectivity index (χ0) is 19.8. The molecule has 4 rings (SSSR count). The normalized spacial score (nSPS) is 15.9. The molecule has 6 heteroatoms. The fourth-order valence-electron chi connectivity index (χ4n) is 3.57. The van der Waals surface area contributed by atoms with Gasteiger partial charge in [0, 0.05) is 10.0 Å². The first kappa shape index (κ1) is 18.5. The maximum atomic E-state index is 13.5. The van der Waals surface area contributed by atoms with Gasteiger partial charge in [0.05, 0.1) is 12.5 Å². The molecule has 2 N–H and O–H groups in total. The standard InChI is InChI=1S/C22H17BrFNO3/c1-2-27-22(26)20-18(12-3-7-15(24)8-4-12)19-16-9-6-14(23)11-13(16)5-10-17(19)28-21(20)25/h3-11,18H,2,25H2,1H3/t18-/m0/s1. The van der Waals surface area contributed by atoms with Crippen LogP contribution in [-0.4, -0.2) is 12.6 Å². The summed E-state index contributed by atoms with van der Waals surface area (Å²) < 4.78 is 25.5. The summed E-state index contributed by atoms with van der Waals surface area (Å²) >= 11 is 3.49. The number of rotatable bonds is 3. The van der Waals surface area contributed by atoms with Gasteiger partial charge in [0.15, 0.2) is 0 Å². The van der Waals surface area contributed by atoms with Crippen molar-refractivity contribution in [2.24, 2.45) is 5.73 Å². The van der Waals surface area contributed by atoms with Crippen molar-refractivity contribution >= 4 is 32.7 Å². The molecular formula is C22H17BrFNO3. The highest BCUT2D eigenvalue weighted by molar-refractivity contribution is 9.10. The van der Waals surface area contributed by atoms with Gasteiger partial charge in [-0.2, -0.15) is 0 Å². The van der Waals surface area contributed by atoms with Crippen LogP contribution in [0.1, 0.15) is 24.0 Å². The number of benzene rings is 3. The number of halogens is 2. The van der Waals surface area contributed by atoms with Gasteiger partial charge in [0.2, 0.25) is 5.88 Å². The van der Waals surface area contributed by atoms with E-state index in [0.29, 0.717) is 5.75 Å². The highest BCUT2D eigenvalue weighted by Crippen LogP contribution is 2.46. The molecule has 1 atom stereocenters. The number of ether oxygens (including phenoxy) is 2. The molecule has 0 spiro atoms. The van der Waals surface area contributed by atoms with Gasteiger partial charge in [0.25, 0.3) is 0 Å². The zero-order valence-corrected chi connectivity index (χ0v) is 16.6. The minimum Gasteiger partial charge on any atom is -0.462 e. The lowest BCUT2D eigenvalue weighted by Gasteiger charge is -2.29. The summed E-state index contributed by atoms with van der Waals surface area (Å²) in [5, 5.41) is 1.90. The van der Waals surface area contributed by atoms with Gasteiger partial charge in [-0.05, 0) is 53.6 Å². The Bertz CT molecular complexity index is 1110. The molecule has 3 aromatic carbocycles. The van der Waals surface area contributed by atoms with E-state index >= 15 is 0 Å². The van der Waals surface area contributed by atoms with Crippen molar-refractivity contribution in [3.05, 3.63) is 87.5 Å². The van der Waals surface area contributed by atoms with E-state index in [4.69, 9.17) is 15.2 Å². The van der Waals surface area contributed by atoms with Crippen LogP contribution < -0.4 is 10.5 Å². The van der Waals surface area contributed by atoms with Crippen LogP contribution >= 0.6 is 15.9 Å². The Morgan fingerprint density at radius 1 is 1.18 bits per heavy atom. The van der Waals surface area contributed by atoms with Crippen molar-refractivity contribution < 1.29 is 18.7 Å². The molecule has 0 aromatic heterocycles. The molecule has 0 aliphatic carbocycles. The van der Waals surface area contributed by atoms with Crippen molar-refractivity contribution in [1.29, 1.82) is 0 Å². The molecule has 1 aliphatic rings. The second-order valence-corrected chi connectivity index (χ2v) is 7.34. The molecule has 0 unspecified atom stereocenters. The van der Waals surface area contributed by atoms with Gasteiger partial charge in [-0.25, -0.2) is 9.18 Å². The predicted octanol–water partition coefficient (Wildman–Crippen LogP) is 5.00. The molecular weight excluding hydrogens is 425 g/mol. The first-order valence-electron chi connectivity index (χ1n) is 8.82. The van der Waals surface area contributed by atoms with Crippen LogP contribution in [0.5, 0.6) is 5.75 Å². The van der Waals surface area contributed by atoms with Crippen LogP contribution in [0.2, 0.25) is 0 Å². The third kappa shape index (κ3) is 3.14. The fourth-order valence-corrected chi connectivity index (χ4v) is 3.95. The van der Waals surface area contributed by atoms with Crippen molar-refractivity contribution in [3.63, 3.8) is 0 Å². The third-order valence-corrected chi connectivity index (χ3v) is 5.24. The average molecular weight is 442 g/mol.